The highest BCUT2D eigenvalue weighted by atomic mass is 16.5. The maximum atomic E-state index is 12.8. The molecule has 0 radical (unpaired) electrons. The summed E-state index contributed by atoms with van der Waals surface area (Å²) in [7, 11) is 1.72. The Kier molecular flexibility index (Phi) is 8.27. The number of aryl methyl sites for hydroxylation is 1. The van der Waals surface area contributed by atoms with Crippen LogP contribution in [0.4, 0.5) is 5.69 Å². The minimum Gasteiger partial charge on any atom is -0.497 e. The minimum absolute atomic E-state index is 0.294. The molecule has 2 aromatic rings. The van der Waals surface area contributed by atoms with Gasteiger partial charge in [-0.2, -0.15) is 0 Å². The van der Waals surface area contributed by atoms with Gasteiger partial charge >= 0.3 is 0 Å². The molecule has 0 aromatic heterocycles. The highest BCUT2D eigenvalue weighted by Crippen LogP contribution is 2.28. The number of para-hydroxylation sites is 1. The summed E-state index contributed by atoms with van der Waals surface area (Å²) in [6, 6.07) is 17.4. The summed E-state index contributed by atoms with van der Waals surface area (Å²) < 4.78 is 5.43. The van der Waals surface area contributed by atoms with E-state index in [9.17, 15) is 4.79 Å². The molecule has 1 heterocycles. The van der Waals surface area contributed by atoms with Crippen molar-refractivity contribution in [1.29, 1.82) is 0 Å². The molecule has 1 saturated heterocycles. The van der Waals surface area contributed by atoms with Gasteiger partial charge in [-0.05, 0) is 74.0 Å². The third kappa shape index (κ3) is 6.08. The number of methoxy groups -OCH3 is 1. The number of nitrogens with zero attached hydrogens (tertiary/aromatic N) is 3. The van der Waals surface area contributed by atoms with Crippen LogP contribution in [0, 0.1) is 0 Å². The van der Waals surface area contributed by atoms with Crippen LogP contribution in [0.3, 0.4) is 0 Å². The molecule has 0 unspecified atom stereocenters. The first kappa shape index (κ1) is 23.6. The number of rotatable bonds is 9. The second-order valence-corrected chi connectivity index (χ2v) is 9.34. The number of hydrogen-bond acceptors (Lipinski definition) is 4. The molecule has 178 valence electrons. The predicted octanol–water partition coefficient (Wildman–Crippen LogP) is 4.39. The number of anilines is 1. The van der Waals surface area contributed by atoms with Crippen molar-refractivity contribution < 1.29 is 9.53 Å². The number of hydrogen-bond donors (Lipinski definition) is 0. The molecular weight excluding hydrogens is 410 g/mol. The molecule has 1 amide bonds. The maximum Gasteiger partial charge on any atom is 0.222 e. The normalized spacial score (nSPS) is 18.6. The van der Waals surface area contributed by atoms with Crippen molar-refractivity contribution in [2.45, 2.75) is 51.5 Å². The van der Waals surface area contributed by atoms with Gasteiger partial charge in [0.1, 0.15) is 5.75 Å². The zero-order valence-electron chi connectivity index (χ0n) is 20.3. The molecular formula is C28H39N3O2. The predicted molar refractivity (Wildman–Crippen MR) is 135 cm³/mol. The highest BCUT2D eigenvalue weighted by molar-refractivity contribution is 5.76. The van der Waals surface area contributed by atoms with E-state index in [0.717, 1.165) is 77.1 Å². The van der Waals surface area contributed by atoms with Gasteiger partial charge in [0.2, 0.25) is 5.91 Å². The Morgan fingerprint density at radius 2 is 1.82 bits per heavy atom. The van der Waals surface area contributed by atoms with Gasteiger partial charge in [-0.3, -0.25) is 9.69 Å². The number of unbranched alkanes of at least 4 members (excludes halogenated alkanes) is 1. The smallest absolute Gasteiger partial charge is 0.222 e. The lowest BCUT2D eigenvalue weighted by Crippen LogP contribution is -2.47. The zero-order chi connectivity index (χ0) is 23.0. The van der Waals surface area contributed by atoms with E-state index in [2.05, 4.69) is 57.2 Å². The summed E-state index contributed by atoms with van der Waals surface area (Å²) in [5, 5.41) is 0. The van der Waals surface area contributed by atoms with E-state index in [0.29, 0.717) is 18.4 Å². The lowest BCUT2D eigenvalue weighted by atomic mass is 9.87. The van der Waals surface area contributed by atoms with Crippen LogP contribution < -0.4 is 9.64 Å². The van der Waals surface area contributed by atoms with Crippen LogP contribution in [0.2, 0.25) is 0 Å². The van der Waals surface area contributed by atoms with Gasteiger partial charge in [0.15, 0.2) is 0 Å². The van der Waals surface area contributed by atoms with Gasteiger partial charge in [-0.25, -0.2) is 0 Å². The molecule has 1 atom stereocenters. The van der Waals surface area contributed by atoms with Crippen molar-refractivity contribution in [2.24, 2.45) is 0 Å². The summed E-state index contributed by atoms with van der Waals surface area (Å²) in [4.78, 5) is 20.0. The van der Waals surface area contributed by atoms with Crippen LogP contribution >= 0.6 is 0 Å². The van der Waals surface area contributed by atoms with Gasteiger partial charge in [-0.15, -0.1) is 0 Å². The summed E-state index contributed by atoms with van der Waals surface area (Å²) in [5.74, 6) is 1.21. The standard InChI is InChI=1S/C28H39N3O2/c1-3-28(32)31(26-13-11-23-12-14-27(33-2)22-24(23)21-26)16-8-7-15-29-17-19-30(20-18-29)25-9-5-4-6-10-25/h4-6,9-10,12,14,22,26H,3,7-8,11,13,15-21H2,1-2H3/t26-/m0/s1. The molecule has 5 heteroatoms. The Morgan fingerprint density at radius 1 is 1.03 bits per heavy atom. The molecule has 2 aliphatic rings. The largest absolute Gasteiger partial charge is 0.497 e. The number of ether oxygens (including phenoxy) is 1. The first-order chi connectivity index (χ1) is 16.2. The van der Waals surface area contributed by atoms with Crippen molar-refractivity contribution in [3.05, 3.63) is 59.7 Å². The van der Waals surface area contributed by atoms with Gasteiger partial charge in [0.25, 0.3) is 0 Å². The van der Waals surface area contributed by atoms with Crippen molar-refractivity contribution in [2.75, 3.05) is 51.3 Å². The minimum atomic E-state index is 0.294. The number of fused-ring (bicyclic) bond motifs is 1. The first-order valence-corrected chi connectivity index (χ1v) is 12.7. The van der Waals surface area contributed by atoms with Gasteiger partial charge in [-0.1, -0.05) is 31.2 Å². The van der Waals surface area contributed by atoms with E-state index >= 15 is 0 Å². The molecule has 33 heavy (non-hydrogen) atoms. The Labute approximate surface area is 199 Å². The topological polar surface area (TPSA) is 36.0 Å². The van der Waals surface area contributed by atoms with E-state index in [1.807, 2.05) is 13.0 Å². The lowest BCUT2D eigenvalue weighted by Gasteiger charge is -2.37. The van der Waals surface area contributed by atoms with E-state index in [1.165, 1.54) is 16.8 Å². The van der Waals surface area contributed by atoms with E-state index < -0.39 is 0 Å². The fraction of sp³-hybridized carbons (Fsp3) is 0.536. The first-order valence-electron chi connectivity index (χ1n) is 12.7. The third-order valence-electron chi connectivity index (χ3n) is 7.30. The summed E-state index contributed by atoms with van der Waals surface area (Å²) >= 11 is 0. The molecule has 4 rings (SSSR count). The Balaban J connectivity index is 1.24. The summed E-state index contributed by atoms with van der Waals surface area (Å²) in [5.41, 5.74) is 4.08. The Hall–Kier alpha value is -2.53. The number of piperazine rings is 1. The second kappa shape index (κ2) is 11.6. The Bertz CT molecular complexity index is 893. The molecule has 0 spiro atoms. The maximum absolute atomic E-state index is 12.8. The van der Waals surface area contributed by atoms with Gasteiger partial charge in [0.05, 0.1) is 7.11 Å². The second-order valence-electron chi connectivity index (χ2n) is 9.34. The number of carbonyl (C=O) groups is 1. The quantitative estimate of drug-likeness (QED) is 0.532. The van der Waals surface area contributed by atoms with Crippen molar-refractivity contribution in [3.8, 4) is 5.75 Å². The molecule has 1 aliphatic heterocycles. The fourth-order valence-corrected chi connectivity index (χ4v) is 5.31. The molecule has 2 aromatic carbocycles. The monoisotopic (exact) mass is 449 g/mol. The lowest BCUT2D eigenvalue weighted by molar-refractivity contribution is -0.133. The van der Waals surface area contributed by atoms with Crippen LogP contribution in [0.5, 0.6) is 5.75 Å². The van der Waals surface area contributed by atoms with Crippen LogP contribution in [-0.4, -0.2) is 68.1 Å². The summed E-state index contributed by atoms with van der Waals surface area (Å²) in [6.45, 7) is 8.41. The number of amides is 1. The van der Waals surface area contributed by atoms with Crippen molar-refractivity contribution in [1.82, 2.24) is 9.80 Å². The van der Waals surface area contributed by atoms with Gasteiger partial charge in [0, 0.05) is 50.9 Å². The zero-order valence-corrected chi connectivity index (χ0v) is 20.3. The van der Waals surface area contributed by atoms with Crippen LogP contribution in [0.25, 0.3) is 0 Å². The molecule has 1 aliphatic carbocycles. The molecule has 1 fully saturated rings. The van der Waals surface area contributed by atoms with E-state index in [1.54, 1.807) is 7.11 Å². The third-order valence-corrected chi connectivity index (χ3v) is 7.30. The Morgan fingerprint density at radius 3 is 2.55 bits per heavy atom. The summed E-state index contributed by atoms with van der Waals surface area (Å²) in [6.07, 6.45) is 5.86. The number of carbonyl (C=O) groups excluding carboxylic acids is 1. The van der Waals surface area contributed by atoms with E-state index in [-0.39, 0.29) is 0 Å². The SMILES string of the molecule is CCC(=O)N(CCCCN1CCN(c2ccccc2)CC1)[C@H]1CCc2ccc(OC)cc2C1. The highest BCUT2D eigenvalue weighted by Gasteiger charge is 2.27. The average Bonchev–Trinajstić information content (AvgIpc) is 2.88. The number of benzene rings is 2. The van der Waals surface area contributed by atoms with Crippen molar-refractivity contribution in [3.63, 3.8) is 0 Å². The fourth-order valence-electron chi connectivity index (χ4n) is 5.31. The van der Waals surface area contributed by atoms with Crippen LogP contribution in [0.1, 0.15) is 43.7 Å². The van der Waals surface area contributed by atoms with Gasteiger partial charge < -0.3 is 14.5 Å². The molecule has 0 bridgehead atoms. The molecule has 0 saturated carbocycles. The van der Waals surface area contributed by atoms with E-state index in [4.69, 9.17) is 4.74 Å². The van der Waals surface area contributed by atoms with Crippen molar-refractivity contribution >= 4 is 11.6 Å². The van der Waals surface area contributed by atoms with Crippen LogP contribution in [-0.2, 0) is 17.6 Å². The average molecular weight is 450 g/mol. The van der Waals surface area contributed by atoms with Crippen LogP contribution in [0.15, 0.2) is 48.5 Å². The molecule has 0 N–H and O–H groups in total. The molecule has 5 nitrogen and oxygen atoms in total.